The number of rotatable bonds is 8. The van der Waals surface area contributed by atoms with Gasteiger partial charge in [-0.1, -0.05) is 72.8 Å². The predicted molar refractivity (Wildman–Crippen MR) is 147 cm³/mol. The van der Waals surface area contributed by atoms with Gasteiger partial charge in [-0.3, -0.25) is 0 Å². The number of nitrogens with one attached hydrogen (secondary N) is 1. The van der Waals surface area contributed by atoms with Crippen LogP contribution in [0.25, 0.3) is 10.8 Å². The maximum absolute atomic E-state index is 11.4. The first kappa shape index (κ1) is 24.8. The molecule has 0 saturated carbocycles. The Morgan fingerprint density at radius 1 is 1.03 bits per heavy atom. The molecule has 5 rings (SSSR count). The minimum atomic E-state index is -0.979. The van der Waals surface area contributed by atoms with Gasteiger partial charge in [-0.25, -0.2) is 4.79 Å². The summed E-state index contributed by atoms with van der Waals surface area (Å²) >= 11 is 0. The van der Waals surface area contributed by atoms with Crippen LogP contribution in [0.2, 0.25) is 0 Å². The molecule has 1 aliphatic heterocycles. The molecule has 4 aromatic carbocycles. The molecule has 0 radical (unpaired) electrons. The molecule has 0 spiro atoms. The zero-order chi connectivity index (χ0) is 25.9. The fourth-order valence-corrected chi connectivity index (χ4v) is 5.18. The highest BCUT2D eigenvalue weighted by molar-refractivity contribution is 5.86. The van der Waals surface area contributed by atoms with Crippen molar-refractivity contribution in [3.63, 3.8) is 0 Å². The van der Waals surface area contributed by atoms with Gasteiger partial charge < -0.3 is 19.9 Å². The minimum Gasteiger partial charge on any atom is -0.489 e. The number of aliphatic carboxylic acids is 1. The SMILES string of the molecule is Cc1ccc([C@@H]2C[C@H](CN[C@H](C)c3cccc4ccccc34)Oc3ccccc32)cc1OC(C)C(=O)O. The Hall–Kier alpha value is -3.83. The second-order valence-electron chi connectivity index (χ2n) is 9.89. The number of aryl methyl sites for hydroxylation is 1. The van der Waals surface area contributed by atoms with Crippen molar-refractivity contribution in [1.29, 1.82) is 0 Å². The average molecular weight is 496 g/mol. The number of hydrogen-bond donors (Lipinski definition) is 2. The van der Waals surface area contributed by atoms with E-state index in [1.165, 1.54) is 16.3 Å². The third-order valence-electron chi connectivity index (χ3n) is 7.29. The number of benzene rings is 4. The first-order valence-electron chi connectivity index (χ1n) is 12.9. The molecule has 0 saturated heterocycles. The summed E-state index contributed by atoms with van der Waals surface area (Å²) in [5.41, 5.74) is 4.43. The van der Waals surface area contributed by atoms with Gasteiger partial charge in [-0.15, -0.1) is 0 Å². The zero-order valence-corrected chi connectivity index (χ0v) is 21.5. The van der Waals surface area contributed by atoms with Crippen molar-refractivity contribution < 1.29 is 19.4 Å². The van der Waals surface area contributed by atoms with Crippen molar-refractivity contribution in [2.45, 2.75) is 51.4 Å². The second kappa shape index (κ2) is 10.7. The molecule has 5 nitrogen and oxygen atoms in total. The minimum absolute atomic E-state index is 0.0130. The number of carboxylic acid groups (broad SMARTS) is 1. The number of fused-ring (bicyclic) bond motifs is 2. The lowest BCUT2D eigenvalue weighted by atomic mass is 9.83. The Kier molecular flexibility index (Phi) is 7.15. The van der Waals surface area contributed by atoms with Crippen molar-refractivity contribution in [2.24, 2.45) is 0 Å². The number of para-hydroxylation sites is 1. The molecular formula is C32H33NO4. The molecule has 1 unspecified atom stereocenters. The Bertz CT molecular complexity index is 1410. The van der Waals surface area contributed by atoms with E-state index < -0.39 is 12.1 Å². The highest BCUT2D eigenvalue weighted by atomic mass is 16.5. The fraction of sp³-hybridized carbons (Fsp3) is 0.281. The molecule has 4 atom stereocenters. The smallest absolute Gasteiger partial charge is 0.344 e. The van der Waals surface area contributed by atoms with E-state index in [9.17, 15) is 9.90 Å². The van der Waals surface area contributed by atoms with E-state index in [-0.39, 0.29) is 18.1 Å². The first-order valence-corrected chi connectivity index (χ1v) is 12.9. The van der Waals surface area contributed by atoms with Gasteiger partial charge in [-0.05, 0) is 66.8 Å². The van der Waals surface area contributed by atoms with Crippen LogP contribution in [0.1, 0.15) is 54.5 Å². The summed E-state index contributed by atoms with van der Waals surface area (Å²) in [5.74, 6) is 0.640. The number of ether oxygens (including phenoxy) is 2. The van der Waals surface area contributed by atoms with Crippen LogP contribution >= 0.6 is 0 Å². The Morgan fingerprint density at radius 2 is 1.78 bits per heavy atom. The molecule has 2 N–H and O–H groups in total. The molecule has 5 heteroatoms. The van der Waals surface area contributed by atoms with E-state index in [0.717, 1.165) is 28.9 Å². The van der Waals surface area contributed by atoms with Crippen LogP contribution in [-0.2, 0) is 4.79 Å². The summed E-state index contributed by atoms with van der Waals surface area (Å²) < 4.78 is 12.2. The molecule has 0 aromatic heterocycles. The lowest BCUT2D eigenvalue weighted by molar-refractivity contribution is -0.144. The van der Waals surface area contributed by atoms with Gasteiger partial charge in [0.05, 0.1) is 0 Å². The maximum atomic E-state index is 11.4. The summed E-state index contributed by atoms with van der Waals surface area (Å²) in [6.07, 6.45) is -0.118. The maximum Gasteiger partial charge on any atom is 0.344 e. The summed E-state index contributed by atoms with van der Waals surface area (Å²) in [6.45, 7) is 6.40. The van der Waals surface area contributed by atoms with Gasteiger partial charge >= 0.3 is 5.97 Å². The zero-order valence-electron chi connectivity index (χ0n) is 21.5. The van der Waals surface area contributed by atoms with Crippen LogP contribution in [0.15, 0.2) is 84.9 Å². The van der Waals surface area contributed by atoms with Gasteiger partial charge in [0.25, 0.3) is 0 Å². The average Bonchev–Trinajstić information content (AvgIpc) is 2.92. The lowest BCUT2D eigenvalue weighted by Crippen LogP contribution is -2.37. The number of hydrogen-bond acceptors (Lipinski definition) is 4. The highest BCUT2D eigenvalue weighted by Crippen LogP contribution is 2.41. The fourth-order valence-electron chi connectivity index (χ4n) is 5.18. The summed E-state index contributed by atoms with van der Waals surface area (Å²) in [4.78, 5) is 11.4. The van der Waals surface area contributed by atoms with Crippen molar-refractivity contribution in [1.82, 2.24) is 5.32 Å². The van der Waals surface area contributed by atoms with E-state index in [0.29, 0.717) is 12.3 Å². The van der Waals surface area contributed by atoms with Crippen LogP contribution in [0.5, 0.6) is 11.5 Å². The van der Waals surface area contributed by atoms with Gasteiger partial charge in [0.2, 0.25) is 0 Å². The van der Waals surface area contributed by atoms with Crippen molar-refractivity contribution in [3.05, 3.63) is 107 Å². The normalized spacial score (nSPS) is 18.5. The molecule has 0 fully saturated rings. The third kappa shape index (κ3) is 5.32. The van der Waals surface area contributed by atoms with Crippen LogP contribution in [0, 0.1) is 6.92 Å². The Labute approximate surface area is 218 Å². The van der Waals surface area contributed by atoms with E-state index in [2.05, 4.69) is 66.8 Å². The van der Waals surface area contributed by atoms with Crippen molar-refractivity contribution in [2.75, 3.05) is 6.54 Å². The third-order valence-corrected chi connectivity index (χ3v) is 7.29. The van der Waals surface area contributed by atoms with Crippen molar-refractivity contribution >= 4 is 16.7 Å². The molecule has 0 amide bonds. The van der Waals surface area contributed by atoms with E-state index in [1.54, 1.807) is 6.92 Å². The molecule has 1 heterocycles. The van der Waals surface area contributed by atoms with Gasteiger partial charge in [0.15, 0.2) is 6.10 Å². The number of carboxylic acids is 1. The van der Waals surface area contributed by atoms with Crippen molar-refractivity contribution in [3.8, 4) is 11.5 Å². The largest absolute Gasteiger partial charge is 0.489 e. The first-order chi connectivity index (χ1) is 17.9. The standard InChI is InChI=1S/C32H33NO4/c1-20-15-16-24(17-31(20)36-22(3)32(34)35)29-18-25(37-30-14-7-6-12-28(29)30)19-33-21(2)26-13-8-10-23-9-4-5-11-27(23)26/h4-17,21-22,25,29,33H,18-19H2,1-3H3,(H,34,35)/t21-,22?,25-,29+/m1/s1. The predicted octanol–water partition coefficient (Wildman–Crippen LogP) is 6.63. The van der Waals surface area contributed by atoms with Gasteiger partial charge in [0.1, 0.15) is 17.6 Å². The molecule has 4 aromatic rings. The highest BCUT2D eigenvalue weighted by Gasteiger charge is 2.30. The van der Waals surface area contributed by atoms with E-state index in [4.69, 9.17) is 9.47 Å². The molecule has 0 bridgehead atoms. The monoisotopic (exact) mass is 495 g/mol. The van der Waals surface area contributed by atoms with Crippen LogP contribution < -0.4 is 14.8 Å². The van der Waals surface area contributed by atoms with Gasteiger partial charge in [0, 0.05) is 24.1 Å². The van der Waals surface area contributed by atoms with Crippen LogP contribution in [-0.4, -0.2) is 29.8 Å². The summed E-state index contributed by atoms with van der Waals surface area (Å²) in [7, 11) is 0. The molecular weight excluding hydrogens is 462 g/mol. The second-order valence-corrected chi connectivity index (χ2v) is 9.89. The molecule has 190 valence electrons. The number of carbonyl (C=O) groups is 1. The Morgan fingerprint density at radius 3 is 2.62 bits per heavy atom. The molecule has 37 heavy (non-hydrogen) atoms. The molecule has 0 aliphatic carbocycles. The quantitative estimate of drug-likeness (QED) is 0.287. The van der Waals surface area contributed by atoms with E-state index in [1.807, 2.05) is 37.3 Å². The van der Waals surface area contributed by atoms with Crippen LogP contribution in [0.4, 0.5) is 0 Å². The van der Waals surface area contributed by atoms with Crippen LogP contribution in [0.3, 0.4) is 0 Å². The lowest BCUT2D eigenvalue weighted by Gasteiger charge is -2.33. The molecule has 1 aliphatic rings. The topological polar surface area (TPSA) is 67.8 Å². The van der Waals surface area contributed by atoms with Gasteiger partial charge in [-0.2, -0.15) is 0 Å². The summed E-state index contributed by atoms with van der Waals surface area (Å²) in [5, 5.41) is 15.5. The Balaban J connectivity index is 1.37. The van der Waals surface area contributed by atoms with E-state index >= 15 is 0 Å². The summed E-state index contributed by atoms with van der Waals surface area (Å²) in [6, 6.07) is 29.4.